The van der Waals surface area contributed by atoms with Crippen molar-refractivity contribution in [3.63, 3.8) is 0 Å². The summed E-state index contributed by atoms with van der Waals surface area (Å²) in [4.78, 5) is 32.7. The summed E-state index contributed by atoms with van der Waals surface area (Å²) in [6.45, 7) is 6.31. The molecule has 0 aliphatic carbocycles. The molecule has 0 spiro atoms. The predicted molar refractivity (Wildman–Crippen MR) is 174 cm³/mol. The Bertz CT molecular complexity index is 1920. The summed E-state index contributed by atoms with van der Waals surface area (Å²) in [5.74, 6) is 1.07. The van der Waals surface area contributed by atoms with Gasteiger partial charge in [0.1, 0.15) is 12.4 Å². The molecule has 1 aliphatic rings. The highest BCUT2D eigenvalue weighted by Gasteiger charge is 2.35. The van der Waals surface area contributed by atoms with Crippen molar-refractivity contribution in [3.8, 4) is 17.2 Å². The van der Waals surface area contributed by atoms with Gasteiger partial charge in [0.2, 0.25) is 0 Å². The van der Waals surface area contributed by atoms with Gasteiger partial charge in [0, 0.05) is 15.1 Å². The minimum atomic E-state index is -0.831. The Labute approximate surface area is 272 Å². The average molecular weight is 698 g/mol. The average Bonchev–Trinajstić information content (AvgIpc) is 3.31. The number of para-hydroxylation sites is 1. The van der Waals surface area contributed by atoms with Crippen LogP contribution in [0.4, 0.5) is 0 Å². The zero-order valence-corrected chi connectivity index (χ0v) is 27.7. The molecule has 228 valence electrons. The molecule has 1 aromatic heterocycles. The van der Waals surface area contributed by atoms with E-state index in [1.807, 2.05) is 55.5 Å². The standard InChI is InChI=1S/C33H30BrClN2O6S/c1-5-41-27-17-24(34)23(16-26(27)40-4)30-29(32(39)42-6-2)19(3)36-33-37(30)31(38)28(44-33)15-21-9-7-8-10-25(21)43-18-20-11-13-22(35)14-12-20/h7-17,30H,5-6,18H2,1-4H3/b28-15+/t30-/m0/s1. The topological polar surface area (TPSA) is 88.4 Å². The SMILES string of the molecule is CCOC(=O)C1=C(C)N=c2s/c(=C/c3ccccc3OCc3ccc(Cl)cc3)c(=O)n2[C@H]1c1cc(OC)c(OCC)cc1Br. The van der Waals surface area contributed by atoms with E-state index >= 15 is 0 Å². The summed E-state index contributed by atoms with van der Waals surface area (Å²) in [5, 5.41) is 0.653. The van der Waals surface area contributed by atoms with Crippen LogP contribution in [0.25, 0.3) is 6.08 Å². The van der Waals surface area contributed by atoms with Gasteiger partial charge in [-0.1, -0.05) is 69.2 Å². The quantitative estimate of drug-likeness (QED) is 0.184. The third-order valence-corrected chi connectivity index (χ3v) is 8.83. The molecule has 0 N–H and O–H groups in total. The van der Waals surface area contributed by atoms with E-state index in [0.29, 0.717) is 60.6 Å². The number of fused-ring (bicyclic) bond motifs is 1. The third-order valence-electron chi connectivity index (χ3n) is 6.91. The number of allylic oxidation sites excluding steroid dienone is 1. The molecule has 4 aromatic rings. The van der Waals surface area contributed by atoms with Crippen molar-refractivity contribution in [1.29, 1.82) is 0 Å². The van der Waals surface area contributed by atoms with Crippen LogP contribution in [0.1, 0.15) is 43.5 Å². The summed E-state index contributed by atoms with van der Waals surface area (Å²) in [7, 11) is 1.54. The number of carbonyl (C=O) groups excluding carboxylic acids is 1. The van der Waals surface area contributed by atoms with Crippen LogP contribution in [0.2, 0.25) is 5.02 Å². The first kappa shape index (κ1) is 31.6. The fraction of sp³-hybridized carbons (Fsp3) is 0.242. The van der Waals surface area contributed by atoms with Crippen molar-refractivity contribution >= 4 is 50.9 Å². The number of carbonyl (C=O) groups is 1. The van der Waals surface area contributed by atoms with Gasteiger partial charge in [-0.25, -0.2) is 9.79 Å². The van der Waals surface area contributed by atoms with Crippen molar-refractivity contribution in [1.82, 2.24) is 4.57 Å². The number of methoxy groups -OCH3 is 1. The maximum atomic E-state index is 14.2. The molecular weight excluding hydrogens is 668 g/mol. The van der Waals surface area contributed by atoms with Crippen LogP contribution in [0.5, 0.6) is 17.2 Å². The van der Waals surface area contributed by atoms with Crippen molar-refractivity contribution in [2.75, 3.05) is 20.3 Å². The molecule has 1 aliphatic heterocycles. The van der Waals surface area contributed by atoms with Crippen LogP contribution in [0.3, 0.4) is 0 Å². The molecule has 3 aromatic carbocycles. The van der Waals surface area contributed by atoms with E-state index < -0.39 is 12.0 Å². The maximum absolute atomic E-state index is 14.2. The lowest BCUT2D eigenvalue weighted by Gasteiger charge is -2.26. The molecule has 44 heavy (non-hydrogen) atoms. The van der Waals surface area contributed by atoms with E-state index in [4.69, 9.17) is 30.5 Å². The molecule has 8 nitrogen and oxygen atoms in total. The first-order valence-corrected chi connectivity index (χ1v) is 15.9. The highest BCUT2D eigenvalue weighted by Crippen LogP contribution is 2.41. The zero-order chi connectivity index (χ0) is 31.4. The molecule has 2 heterocycles. The van der Waals surface area contributed by atoms with Gasteiger partial charge in [-0.3, -0.25) is 9.36 Å². The van der Waals surface area contributed by atoms with Crippen LogP contribution in [0, 0.1) is 0 Å². The second-order valence-corrected chi connectivity index (χ2v) is 12.0. The van der Waals surface area contributed by atoms with Gasteiger partial charge in [0.05, 0.1) is 42.2 Å². The van der Waals surface area contributed by atoms with Gasteiger partial charge in [-0.05, 0) is 68.3 Å². The number of halogens is 2. The normalized spacial score (nSPS) is 14.6. The molecule has 5 rings (SSSR count). The molecule has 0 amide bonds. The van der Waals surface area contributed by atoms with Crippen LogP contribution in [0.15, 0.2) is 86.2 Å². The molecule has 1 atom stereocenters. The van der Waals surface area contributed by atoms with Crippen molar-refractivity contribution < 1.29 is 23.7 Å². The maximum Gasteiger partial charge on any atom is 0.338 e. The number of rotatable bonds is 10. The molecule has 0 bridgehead atoms. The molecule has 0 fully saturated rings. The number of aromatic nitrogens is 1. The van der Waals surface area contributed by atoms with Crippen LogP contribution >= 0.6 is 38.9 Å². The summed E-state index contributed by atoms with van der Waals surface area (Å²) in [6.07, 6.45) is 1.79. The summed E-state index contributed by atoms with van der Waals surface area (Å²) < 4.78 is 25.5. The highest BCUT2D eigenvalue weighted by molar-refractivity contribution is 9.10. The first-order valence-electron chi connectivity index (χ1n) is 13.9. The highest BCUT2D eigenvalue weighted by atomic mass is 79.9. The molecule has 0 radical (unpaired) electrons. The fourth-order valence-electron chi connectivity index (χ4n) is 4.89. The van der Waals surface area contributed by atoms with Crippen molar-refractivity contribution in [3.05, 3.63) is 118 Å². The Morgan fingerprint density at radius 1 is 1.05 bits per heavy atom. The fourth-order valence-corrected chi connectivity index (χ4v) is 6.59. The number of esters is 1. The second-order valence-electron chi connectivity index (χ2n) is 9.71. The lowest BCUT2D eigenvalue weighted by atomic mass is 9.95. The van der Waals surface area contributed by atoms with Crippen LogP contribution in [-0.4, -0.2) is 30.9 Å². The van der Waals surface area contributed by atoms with Gasteiger partial charge < -0.3 is 18.9 Å². The van der Waals surface area contributed by atoms with Crippen LogP contribution in [-0.2, 0) is 16.1 Å². The largest absolute Gasteiger partial charge is 0.493 e. The minimum Gasteiger partial charge on any atom is -0.493 e. The van der Waals surface area contributed by atoms with Crippen LogP contribution < -0.4 is 29.1 Å². The van der Waals surface area contributed by atoms with E-state index in [1.54, 1.807) is 39.2 Å². The number of hydrogen-bond donors (Lipinski definition) is 0. The molecule has 0 unspecified atom stereocenters. The van der Waals surface area contributed by atoms with E-state index in [-0.39, 0.29) is 17.7 Å². The summed E-state index contributed by atoms with van der Waals surface area (Å²) in [6, 6.07) is 17.7. The van der Waals surface area contributed by atoms with E-state index in [1.165, 1.54) is 15.9 Å². The number of nitrogens with zero attached hydrogens (tertiary/aromatic N) is 2. The Balaban J connectivity index is 1.64. The lowest BCUT2D eigenvalue weighted by Crippen LogP contribution is -2.40. The van der Waals surface area contributed by atoms with Crippen molar-refractivity contribution in [2.45, 2.75) is 33.4 Å². The molecule has 0 saturated carbocycles. The number of ether oxygens (including phenoxy) is 4. The Kier molecular flexibility index (Phi) is 9.93. The molecule has 11 heteroatoms. The number of benzene rings is 3. The molecular formula is C33H30BrClN2O6S. The van der Waals surface area contributed by atoms with E-state index in [9.17, 15) is 9.59 Å². The zero-order valence-electron chi connectivity index (χ0n) is 24.6. The first-order chi connectivity index (χ1) is 21.2. The van der Waals surface area contributed by atoms with Gasteiger partial charge >= 0.3 is 5.97 Å². The van der Waals surface area contributed by atoms with E-state index in [2.05, 4.69) is 20.9 Å². The van der Waals surface area contributed by atoms with Gasteiger partial charge in [-0.2, -0.15) is 0 Å². The Morgan fingerprint density at radius 3 is 2.50 bits per heavy atom. The predicted octanol–water partition coefficient (Wildman–Crippen LogP) is 6.20. The summed E-state index contributed by atoms with van der Waals surface area (Å²) >= 11 is 10.9. The van der Waals surface area contributed by atoms with Crippen molar-refractivity contribution in [2.24, 2.45) is 4.99 Å². The number of hydrogen-bond acceptors (Lipinski definition) is 8. The third kappa shape index (κ3) is 6.47. The van der Waals surface area contributed by atoms with E-state index in [0.717, 1.165) is 11.1 Å². The minimum absolute atomic E-state index is 0.174. The second kappa shape index (κ2) is 13.8. The Morgan fingerprint density at radius 2 is 1.80 bits per heavy atom. The lowest BCUT2D eigenvalue weighted by molar-refractivity contribution is -0.139. The number of thiazole rings is 1. The van der Waals surface area contributed by atoms with Gasteiger partial charge in [0.25, 0.3) is 5.56 Å². The molecule has 0 saturated heterocycles. The monoisotopic (exact) mass is 696 g/mol. The van der Waals surface area contributed by atoms with Gasteiger partial charge in [0.15, 0.2) is 16.3 Å². The Hall–Kier alpha value is -3.86. The smallest absolute Gasteiger partial charge is 0.338 e. The summed E-state index contributed by atoms with van der Waals surface area (Å²) in [5.41, 5.74) is 2.75. The van der Waals surface area contributed by atoms with Gasteiger partial charge in [-0.15, -0.1) is 0 Å².